The third kappa shape index (κ3) is 3.87. The van der Waals surface area contributed by atoms with Gasteiger partial charge in [0.1, 0.15) is 0 Å². The highest BCUT2D eigenvalue weighted by molar-refractivity contribution is 5.76. The van der Waals surface area contributed by atoms with Crippen molar-refractivity contribution >= 4 is 5.97 Å². The lowest BCUT2D eigenvalue weighted by molar-refractivity contribution is -0.156. The van der Waals surface area contributed by atoms with E-state index in [9.17, 15) is 9.90 Å². The second-order valence-electron chi connectivity index (χ2n) is 5.08. The van der Waals surface area contributed by atoms with Gasteiger partial charge in [-0.1, -0.05) is 30.3 Å². The van der Waals surface area contributed by atoms with E-state index >= 15 is 0 Å². The number of benzene rings is 1. The van der Waals surface area contributed by atoms with Gasteiger partial charge in [0.2, 0.25) is 0 Å². The van der Waals surface area contributed by atoms with Crippen LogP contribution in [-0.2, 0) is 4.79 Å². The lowest BCUT2D eigenvalue weighted by atomic mass is 9.98. The average Bonchev–Trinajstić information content (AvgIpc) is 2.49. The number of carboxylic acid groups (broad SMARTS) is 1. The van der Waals surface area contributed by atoms with E-state index in [4.69, 9.17) is 5.11 Å². The van der Waals surface area contributed by atoms with Crippen molar-refractivity contribution in [2.45, 2.75) is 18.6 Å². The summed E-state index contributed by atoms with van der Waals surface area (Å²) in [6.45, 7) is 1.21. The van der Waals surface area contributed by atoms with Crippen molar-refractivity contribution in [3.63, 3.8) is 0 Å². The molecule has 21 heavy (non-hydrogen) atoms. The van der Waals surface area contributed by atoms with Crippen molar-refractivity contribution in [2.75, 3.05) is 6.54 Å². The van der Waals surface area contributed by atoms with Gasteiger partial charge >= 0.3 is 5.97 Å². The Balaban J connectivity index is 2.24. The average molecular weight is 286 g/mol. The molecular formula is C16H18N2O3. The second kappa shape index (κ2) is 6.47. The molecule has 2 rings (SSSR count). The molecule has 1 aromatic carbocycles. The summed E-state index contributed by atoms with van der Waals surface area (Å²) in [7, 11) is 0. The lowest BCUT2D eigenvalue weighted by Gasteiger charge is -2.25. The molecule has 1 aromatic heterocycles. The standard InChI is InChI=1S/C16H18N2O3/c1-16(21,15(19)20)11-18-14(12-5-3-2-4-6-12)13-7-9-17-10-8-13/h2-10,14,18,21H,11H2,1H3,(H,19,20). The maximum Gasteiger partial charge on any atom is 0.336 e. The fourth-order valence-electron chi connectivity index (χ4n) is 2.01. The van der Waals surface area contributed by atoms with Crippen molar-refractivity contribution < 1.29 is 15.0 Å². The molecule has 0 aliphatic rings. The highest BCUT2D eigenvalue weighted by Crippen LogP contribution is 2.21. The molecule has 0 saturated carbocycles. The topological polar surface area (TPSA) is 82.5 Å². The molecule has 2 aromatic rings. The van der Waals surface area contributed by atoms with Gasteiger partial charge in [-0.15, -0.1) is 0 Å². The first-order valence-corrected chi connectivity index (χ1v) is 6.65. The number of pyridine rings is 1. The summed E-state index contributed by atoms with van der Waals surface area (Å²) in [5.41, 5.74) is 0.127. The molecule has 0 saturated heterocycles. The first-order chi connectivity index (χ1) is 10.0. The second-order valence-corrected chi connectivity index (χ2v) is 5.08. The van der Waals surface area contributed by atoms with Crippen LogP contribution in [0.4, 0.5) is 0 Å². The molecule has 0 aliphatic heterocycles. The Hall–Kier alpha value is -2.24. The van der Waals surface area contributed by atoms with E-state index < -0.39 is 11.6 Å². The highest BCUT2D eigenvalue weighted by atomic mass is 16.4. The summed E-state index contributed by atoms with van der Waals surface area (Å²) in [5.74, 6) is -1.25. The molecule has 110 valence electrons. The van der Waals surface area contributed by atoms with Crippen LogP contribution >= 0.6 is 0 Å². The third-order valence-corrected chi connectivity index (χ3v) is 3.28. The summed E-state index contributed by atoms with van der Waals surface area (Å²) in [6.07, 6.45) is 3.37. The predicted molar refractivity (Wildman–Crippen MR) is 78.8 cm³/mol. The van der Waals surface area contributed by atoms with Gasteiger partial charge in [0.15, 0.2) is 5.60 Å². The number of carbonyl (C=O) groups is 1. The van der Waals surface area contributed by atoms with Gasteiger partial charge in [0.25, 0.3) is 0 Å². The van der Waals surface area contributed by atoms with Crippen LogP contribution in [0.3, 0.4) is 0 Å². The molecule has 3 N–H and O–H groups in total. The summed E-state index contributed by atoms with van der Waals surface area (Å²) < 4.78 is 0. The fourth-order valence-corrected chi connectivity index (χ4v) is 2.01. The molecule has 0 bridgehead atoms. The zero-order valence-electron chi connectivity index (χ0n) is 11.7. The van der Waals surface area contributed by atoms with Crippen LogP contribution in [-0.4, -0.2) is 33.3 Å². The number of aliphatic carboxylic acids is 1. The van der Waals surface area contributed by atoms with E-state index in [1.165, 1.54) is 6.92 Å². The van der Waals surface area contributed by atoms with Crippen LogP contribution in [0.2, 0.25) is 0 Å². The van der Waals surface area contributed by atoms with E-state index in [0.717, 1.165) is 11.1 Å². The normalized spacial score (nSPS) is 15.1. The molecule has 0 aliphatic carbocycles. The molecule has 1 heterocycles. The minimum atomic E-state index is -1.82. The van der Waals surface area contributed by atoms with Gasteiger partial charge in [-0.3, -0.25) is 4.98 Å². The molecular weight excluding hydrogens is 268 g/mol. The summed E-state index contributed by atoms with van der Waals surface area (Å²) >= 11 is 0. The first kappa shape index (κ1) is 15.2. The number of aromatic nitrogens is 1. The Kier molecular flexibility index (Phi) is 4.67. The smallest absolute Gasteiger partial charge is 0.336 e. The Bertz CT molecular complexity index is 545. The zero-order chi connectivity index (χ0) is 15.3. The molecule has 5 nitrogen and oxygen atoms in total. The van der Waals surface area contributed by atoms with Crippen molar-refractivity contribution in [3.05, 3.63) is 66.0 Å². The molecule has 0 fully saturated rings. The Morgan fingerprint density at radius 1 is 1.19 bits per heavy atom. The Labute approximate surface area is 123 Å². The van der Waals surface area contributed by atoms with Gasteiger partial charge in [-0.05, 0) is 30.2 Å². The van der Waals surface area contributed by atoms with E-state index in [2.05, 4.69) is 10.3 Å². The monoisotopic (exact) mass is 286 g/mol. The van der Waals surface area contributed by atoms with Gasteiger partial charge in [0.05, 0.1) is 6.04 Å². The van der Waals surface area contributed by atoms with E-state index in [1.54, 1.807) is 12.4 Å². The summed E-state index contributed by atoms with van der Waals surface area (Å²) in [5, 5.41) is 22.0. The number of carboxylic acids is 1. The van der Waals surface area contributed by atoms with Crippen LogP contribution in [0.1, 0.15) is 24.1 Å². The largest absolute Gasteiger partial charge is 0.479 e. The number of hydrogen-bond acceptors (Lipinski definition) is 4. The van der Waals surface area contributed by atoms with Gasteiger partial charge in [-0.25, -0.2) is 4.79 Å². The van der Waals surface area contributed by atoms with Gasteiger partial charge < -0.3 is 15.5 Å². The first-order valence-electron chi connectivity index (χ1n) is 6.65. The Morgan fingerprint density at radius 2 is 1.76 bits per heavy atom. The lowest BCUT2D eigenvalue weighted by Crippen LogP contribution is -2.45. The van der Waals surface area contributed by atoms with Crippen LogP contribution in [0.5, 0.6) is 0 Å². The predicted octanol–water partition coefficient (Wildman–Crippen LogP) is 1.60. The molecule has 0 spiro atoms. The van der Waals surface area contributed by atoms with Crippen LogP contribution in [0.15, 0.2) is 54.9 Å². The van der Waals surface area contributed by atoms with Crippen LogP contribution < -0.4 is 5.32 Å². The number of nitrogens with zero attached hydrogens (tertiary/aromatic N) is 1. The van der Waals surface area contributed by atoms with Crippen molar-refractivity contribution in [1.29, 1.82) is 0 Å². The molecule has 2 unspecified atom stereocenters. The van der Waals surface area contributed by atoms with E-state index in [0.29, 0.717) is 0 Å². The van der Waals surface area contributed by atoms with Crippen LogP contribution in [0.25, 0.3) is 0 Å². The molecule has 2 atom stereocenters. The van der Waals surface area contributed by atoms with E-state index in [1.807, 2.05) is 42.5 Å². The molecule has 0 radical (unpaired) electrons. The number of rotatable bonds is 6. The minimum absolute atomic E-state index is 0.0653. The summed E-state index contributed by atoms with van der Waals surface area (Å²) in [4.78, 5) is 15.0. The highest BCUT2D eigenvalue weighted by Gasteiger charge is 2.30. The van der Waals surface area contributed by atoms with Gasteiger partial charge in [0, 0.05) is 18.9 Å². The van der Waals surface area contributed by atoms with E-state index in [-0.39, 0.29) is 12.6 Å². The van der Waals surface area contributed by atoms with Crippen molar-refractivity contribution in [2.24, 2.45) is 0 Å². The minimum Gasteiger partial charge on any atom is -0.479 e. The van der Waals surface area contributed by atoms with Gasteiger partial charge in [-0.2, -0.15) is 0 Å². The SMILES string of the molecule is CC(O)(CNC(c1ccccc1)c1ccncc1)C(=O)O. The number of nitrogens with one attached hydrogen (secondary N) is 1. The third-order valence-electron chi connectivity index (χ3n) is 3.28. The fraction of sp³-hybridized carbons (Fsp3) is 0.250. The zero-order valence-corrected chi connectivity index (χ0v) is 11.7. The quantitative estimate of drug-likeness (QED) is 0.751. The number of hydrogen-bond donors (Lipinski definition) is 3. The molecule has 5 heteroatoms. The molecule has 0 amide bonds. The van der Waals surface area contributed by atoms with Crippen molar-refractivity contribution in [3.8, 4) is 0 Å². The maximum atomic E-state index is 11.0. The maximum absolute atomic E-state index is 11.0. The summed E-state index contributed by atoms with van der Waals surface area (Å²) in [6, 6.07) is 13.2. The Morgan fingerprint density at radius 3 is 2.33 bits per heavy atom. The number of aliphatic hydroxyl groups is 1. The van der Waals surface area contributed by atoms with Crippen LogP contribution in [0, 0.1) is 0 Å². The van der Waals surface area contributed by atoms with Crippen molar-refractivity contribution in [1.82, 2.24) is 10.3 Å².